The highest BCUT2D eigenvalue weighted by Gasteiger charge is 2.41. The first-order valence-corrected chi connectivity index (χ1v) is 9.16. The molecule has 1 aliphatic carbocycles. The van der Waals surface area contributed by atoms with E-state index in [-0.39, 0.29) is 25.0 Å². The molecule has 1 aromatic carbocycles. The van der Waals surface area contributed by atoms with Crippen LogP contribution in [-0.4, -0.2) is 45.0 Å². The number of benzene rings is 1. The Morgan fingerprint density at radius 3 is 2.48 bits per heavy atom. The third-order valence-electron chi connectivity index (χ3n) is 4.69. The van der Waals surface area contributed by atoms with Crippen molar-refractivity contribution in [3.63, 3.8) is 0 Å². The Bertz CT molecular complexity index is 614. The molecule has 2 rings (SSSR count). The lowest BCUT2D eigenvalue weighted by molar-refractivity contribution is -0.182. The number of guanidine groups is 1. The predicted molar refractivity (Wildman–Crippen MR) is 99.4 cm³/mol. The van der Waals surface area contributed by atoms with Gasteiger partial charge in [0.1, 0.15) is 17.6 Å². The van der Waals surface area contributed by atoms with Crippen LogP contribution in [0.2, 0.25) is 0 Å². The maximum absolute atomic E-state index is 12.8. The van der Waals surface area contributed by atoms with Crippen LogP contribution in [0.4, 0.5) is 13.2 Å². The van der Waals surface area contributed by atoms with E-state index >= 15 is 0 Å². The third-order valence-corrected chi connectivity index (χ3v) is 4.69. The molecule has 0 aliphatic heterocycles. The number of nitrogens with one attached hydrogen (secondary N) is 2. The van der Waals surface area contributed by atoms with Crippen LogP contribution in [0.15, 0.2) is 29.3 Å². The van der Waals surface area contributed by atoms with Gasteiger partial charge in [-0.1, -0.05) is 6.07 Å². The van der Waals surface area contributed by atoms with Gasteiger partial charge in [-0.3, -0.25) is 4.99 Å². The summed E-state index contributed by atoms with van der Waals surface area (Å²) in [4.78, 5) is 4.15. The van der Waals surface area contributed by atoms with E-state index in [1.807, 2.05) is 31.2 Å². The second-order valence-corrected chi connectivity index (χ2v) is 6.80. The highest BCUT2D eigenvalue weighted by Crippen LogP contribution is 2.37. The van der Waals surface area contributed by atoms with Crippen LogP contribution in [-0.2, 0) is 0 Å². The van der Waals surface area contributed by atoms with Crippen LogP contribution >= 0.6 is 0 Å². The number of alkyl halides is 3. The number of nitrogens with zero attached hydrogens (tertiary/aromatic N) is 1. The summed E-state index contributed by atoms with van der Waals surface area (Å²) >= 11 is 0. The zero-order valence-electron chi connectivity index (χ0n) is 16.0. The summed E-state index contributed by atoms with van der Waals surface area (Å²) in [5.74, 6) is 0.824. The lowest BCUT2D eigenvalue weighted by Crippen LogP contribution is -2.47. The summed E-state index contributed by atoms with van der Waals surface area (Å²) in [6.45, 7) is 2.43. The molecule has 0 heterocycles. The Morgan fingerprint density at radius 2 is 1.89 bits per heavy atom. The Balaban J connectivity index is 1.75. The number of hydrogen-bond acceptors (Lipinski definition) is 3. The van der Waals surface area contributed by atoms with Crippen LogP contribution in [0.3, 0.4) is 0 Å². The molecule has 27 heavy (non-hydrogen) atoms. The molecule has 1 saturated carbocycles. The fourth-order valence-electron chi connectivity index (χ4n) is 3.14. The van der Waals surface area contributed by atoms with E-state index in [9.17, 15) is 13.2 Å². The predicted octanol–water partition coefficient (Wildman–Crippen LogP) is 3.75. The first kappa shape index (κ1) is 21.2. The summed E-state index contributed by atoms with van der Waals surface area (Å²) in [6.07, 6.45) is -2.92. The van der Waals surface area contributed by atoms with Crippen molar-refractivity contribution in [2.75, 3.05) is 20.7 Å². The molecule has 0 aromatic heterocycles. The Kier molecular flexibility index (Phi) is 7.62. The summed E-state index contributed by atoms with van der Waals surface area (Å²) in [5.41, 5.74) is 0. The van der Waals surface area contributed by atoms with Crippen molar-refractivity contribution in [3.05, 3.63) is 24.3 Å². The van der Waals surface area contributed by atoms with Gasteiger partial charge in [0.25, 0.3) is 0 Å². The van der Waals surface area contributed by atoms with Gasteiger partial charge in [-0.25, -0.2) is 0 Å². The van der Waals surface area contributed by atoms with E-state index in [4.69, 9.17) is 9.47 Å². The van der Waals surface area contributed by atoms with Crippen LogP contribution in [0.25, 0.3) is 0 Å². The van der Waals surface area contributed by atoms with Crippen molar-refractivity contribution in [1.82, 2.24) is 10.6 Å². The number of ether oxygens (including phenoxy) is 2. The second kappa shape index (κ2) is 9.71. The second-order valence-electron chi connectivity index (χ2n) is 6.80. The Morgan fingerprint density at radius 1 is 1.22 bits per heavy atom. The highest BCUT2D eigenvalue weighted by molar-refractivity contribution is 5.80. The van der Waals surface area contributed by atoms with E-state index in [0.29, 0.717) is 31.1 Å². The zero-order valence-corrected chi connectivity index (χ0v) is 16.0. The fraction of sp³-hybridized carbons (Fsp3) is 0.632. The average Bonchev–Trinajstić information content (AvgIpc) is 2.65. The molecule has 8 heteroatoms. The standard InChI is InChI=1S/C19H28F3N3O2/c1-13(27-17-6-4-5-16(11-17)26-3)12-24-18(23-2)25-15-9-7-14(8-10-15)19(20,21)22/h4-6,11,13-15H,7-10,12H2,1-3H3,(H2,23,24,25). The normalized spacial score (nSPS) is 22.1. The molecule has 0 amide bonds. The monoisotopic (exact) mass is 387 g/mol. The van der Waals surface area contributed by atoms with Gasteiger partial charge in [0, 0.05) is 19.2 Å². The minimum atomic E-state index is -4.09. The summed E-state index contributed by atoms with van der Waals surface area (Å²) < 4.78 is 49.3. The number of halogens is 3. The van der Waals surface area contributed by atoms with E-state index in [2.05, 4.69) is 15.6 Å². The van der Waals surface area contributed by atoms with Crippen molar-refractivity contribution in [1.29, 1.82) is 0 Å². The minimum absolute atomic E-state index is 0.00408. The quantitative estimate of drug-likeness (QED) is 0.577. The Hall–Kier alpha value is -2.12. The maximum Gasteiger partial charge on any atom is 0.391 e. The third kappa shape index (κ3) is 6.84. The lowest BCUT2D eigenvalue weighted by Gasteiger charge is -2.31. The molecule has 0 spiro atoms. The molecule has 1 unspecified atom stereocenters. The number of rotatable bonds is 6. The smallest absolute Gasteiger partial charge is 0.391 e. The van der Waals surface area contributed by atoms with Crippen LogP contribution in [0.1, 0.15) is 32.6 Å². The molecule has 5 nitrogen and oxygen atoms in total. The van der Waals surface area contributed by atoms with Crippen molar-refractivity contribution in [3.8, 4) is 11.5 Å². The first-order valence-electron chi connectivity index (χ1n) is 9.16. The Labute approximate surface area is 158 Å². The molecule has 1 fully saturated rings. The summed E-state index contributed by atoms with van der Waals surface area (Å²) in [7, 11) is 3.24. The van der Waals surface area contributed by atoms with Gasteiger partial charge < -0.3 is 20.1 Å². The van der Waals surface area contributed by atoms with Crippen molar-refractivity contribution in [2.45, 2.75) is 50.9 Å². The van der Waals surface area contributed by atoms with Crippen molar-refractivity contribution in [2.24, 2.45) is 10.9 Å². The molecule has 1 atom stereocenters. The largest absolute Gasteiger partial charge is 0.497 e. The maximum atomic E-state index is 12.8. The molecule has 1 aliphatic rings. The molecule has 152 valence electrons. The van der Waals surface area contributed by atoms with Crippen LogP contribution in [0, 0.1) is 5.92 Å². The summed E-state index contributed by atoms with van der Waals surface area (Å²) in [5, 5.41) is 6.38. The van der Waals surface area contributed by atoms with Gasteiger partial charge in [-0.15, -0.1) is 0 Å². The molecular weight excluding hydrogens is 359 g/mol. The van der Waals surface area contributed by atoms with Gasteiger partial charge in [0.15, 0.2) is 5.96 Å². The van der Waals surface area contributed by atoms with E-state index in [1.165, 1.54) is 0 Å². The zero-order chi connectivity index (χ0) is 19.9. The van der Waals surface area contributed by atoms with Gasteiger partial charge in [0.05, 0.1) is 19.6 Å². The van der Waals surface area contributed by atoms with Gasteiger partial charge >= 0.3 is 6.18 Å². The molecule has 1 aromatic rings. The van der Waals surface area contributed by atoms with E-state index in [1.54, 1.807) is 14.2 Å². The fourth-order valence-corrected chi connectivity index (χ4v) is 3.14. The van der Waals surface area contributed by atoms with E-state index < -0.39 is 12.1 Å². The average molecular weight is 387 g/mol. The highest BCUT2D eigenvalue weighted by atomic mass is 19.4. The summed E-state index contributed by atoms with van der Waals surface area (Å²) in [6, 6.07) is 7.36. The minimum Gasteiger partial charge on any atom is -0.497 e. The number of methoxy groups -OCH3 is 1. The number of aliphatic imine (C=N–C) groups is 1. The lowest BCUT2D eigenvalue weighted by atomic mass is 9.85. The SMILES string of the molecule is CN=C(NCC(C)Oc1cccc(OC)c1)NC1CCC(C(F)(F)F)CC1. The number of hydrogen-bond donors (Lipinski definition) is 2. The molecule has 0 radical (unpaired) electrons. The van der Waals surface area contributed by atoms with Crippen LogP contribution in [0.5, 0.6) is 11.5 Å². The van der Waals surface area contributed by atoms with Gasteiger partial charge in [-0.05, 0) is 44.7 Å². The van der Waals surface area contributed by atoms with Crippen molar-refractivity contribution < 1.29 is 22.6 Å². The topological polar surface area (TPSA) is 54.9 Å². The van der Waals surface area contributed by atoms with E-state index in [0.717, 1.165) is 5.75 Å². The molecular formula is C19H28F3N3O2. The van der Waals surface area contributed by atoms with Crippen molar-refractivity contribution >= 4 is 5.96 Å². The van der Waals surface area contributed by atoms with Crippen LogP contribution < -0.4 is 20.1 Å². The molecule has 0 bridgehead atoms. The van der Waals surface area contributed by atoms with Gasteiger partial charge in [0.2, 0.25) is 0 Å². The molecule has 2 N–H and O–H groups in total. The molecule has 0 saturated heterocycles. The first-order chi connectivity index (χ1) is 12.8. The van der Waals surface area contributed by atoms with Gasteiger partial charge in [-0.2, -0.15) is 13.2 Å².